The van der Waals surface area contributed by atoms with E-state index in [0.29, 0.717) is 5.15 Å². The maximum absolute atomic E-state index is 5.78. The number of halogens is 1. The molecule has 0 bridgehead atoms. The summed E-state index contributed by atoms with van der Waals surface area (Å²) < 4.78 is 0. The summed E-state index contributed by atoms with van der Waals surface area (Å²) in [6, 6.07) is 1.96. The van der Waals surface area contributed by atoms with Gasteiger partial charge in [0.15, 0.2) is 0 Å². The number of pyridine rings is 1. The van der Waals surface area contributed by atoms with Crippen molar-refractivity contribution < 1.29 is 0 Å². The minimum absolute atomic E-state index is 0.599. The van der Waals surface area contributed by atoms with Crippen molar-refractivity contribution in [2.45, 2.75) is 19.8 Å². The third-order valence-corrected chi connectivity index (χ3v) is 2.39. The fraction of sp³-hybridized carbons (Fsp3) is 0.300. The third-order valence-electron chi connectivity index (χ3n) is 2.18. The van der Waals surface area contributed by atoms with Crippen molar-refractivity contribution in [2.75, 3.05) is 0 Å². The lowest BCUT2D eigenvalue weighted by atomic mass is 9.95. The molecule has 0 N–H and O–H groups in total. The van der Waals surface area contributed by atoms with E-state index < -0.39 is 0 Å². The quantitative estimate of drug-likeness (QED) is 0.558. The highest BCUT2D eigenvalue weighted by atomic mass is 35.5. The summed E-state index contributed by atoms with van der Waals surface area (Å²) in [7, 11) is 0. The molecule has 1 aromatic heterocycles. The lowest BCUT2D eigenvalue weighted by molar-refractivity contribution is 0.922. The number of rotatable bonds is 0. The number of hydrogen-bond donors (Lipinski definition) is 0. The highest BCUT2D eigenvalue weighted by molar-refractivity contribution is 6.29. The standard InChI is InChI=1S/C10H10ClN/c1-7-2-3-8-5-10(11)12-6-9(8)4-7/h4-6H,2-3H2,1H3. The van der Waals surface area contributed by atoms with Gasteiger partial charge in [-0.3, -0.25) is 0 Å². The van der Waals surface area contributed by atoms with E-state index >= 15 is 0 Å². The van der Waals surface area contributed by atoms with E-state index in [4.69, 9.17) is 11.6 Å². The zero-order chi connectivity index (χ0) is 8.55. The molecule has 0 saturated carbocycles. The van der Waals surface area contributed by atoms with Gasteiger partial charge in [-0.25, -0.2) is 4.98 Å². The van der Waals surface area contributed by atoms with Crippen LogP contribution in [-0.2, 0) is 6.42 Å². The van der Waals surface area contributed by atoms with Crippen LogP contribution in [0.5, 0.6) is 0 Å². The van der Waals surface area contributed by atoms with Crippen molar-refractivity contribution in [3.05, 3.63) is 34.1 Å². The number of fused-ring (bicyclic) bond motifs is 1. The van der Waals surface area contributed by atoms with Crippen LogP contribution in [0.3, 0.4) is 0 Å². The van der Waals surface area contributed by atoms with E-state index in [1.165, 1.54) is 16.7 Å². The molecule has 0 spiro atoms. The smallest absolute Gasteiger partial charge is 0.129 e. The van der Waals surface area contributed by atoms with Crippen LogP contribution in [0.1, 0.15) is 24.5 Å². The van der Waals surface area contributed by atoms with E-state index in [0.717, 1.165) is 12.8 Å². The van der Waals surface area contributed by atoms with E-state index in [-0.39, 0.29) is 0 Å². The molecule has 2 heteroatoms. The first-order valence-corrected chi connectivity index (χ1v) is 4.45. The van der Waals surface area contributed by atoms with Crippen molar-refractivity contribution in [3.63, 3.8) is 0 Å². The second-order valence-electron chi connectivity index (χ2n) is 3.20. The van der Waals surface area contributed by atoms with Crippen LogP contribution in [0.25, 0.3) is 6.08 Å². The van der Waals surface area contributed by atoms with E-state index in [9.17, 15) is 0 Å². The average Bonchev–Trinajstić information content (AvgIpc) is 2.05. The Balaban J connectivity index is 2.51. The van der Waals surface area contributed by atoms with Crippen molar-refractivity contribution in [3.8, 4) is 0 Å². The van der Waals surface area contributed by atoms with Crippen molar-refractivity contribution in [1.29, 1.82) is 0 Å². The highest BCUT2D eigenvalue weighted by Crippen LogP contribution is 2.24. The fourth-order valence-electron chi connectivity index (χ4n) is 1.49. The Bertz CT molecular complexity index is 342. The molecule has 0 aliphatic heterocycles. The number of nitrogens with zero attached hydrogens (tertiary/aromatic N) is 1. The number of hydrogen-bond acceptors (Lipinski definition) is 1. The summed E-state index contributed by atoms with van der Waals surface area (Å²) in [6.07, 6.45) is 6.27. The maximum Gasteiger partial charge on any atom is 0.129 e. The monoisotopic (exact) mass is 179 g/mol. The summed E-state index contributed by atoms with van der Waals surface area (Å²) in [6.45, 7) is 2.15. The second-order valence-corrected chi connectivity index (χ2v) is 3.58. The second kappa shape index (κ2) is 2.91. The van der Waals surface area contributed by atoms with Crippen LogP contribution in [0.15, 0.2) is 17.8 Å². The molecule has 1 nitrogen and oxygen atoms in total. The van der Waals surface area contributed by atoms with Crippen LogP contribution in [0, 0.1) is 0 Å². The zero-order valence-electron chi connectivity index (χ0n) is 6.97. The van der Waals surface area contributed by atoms with Crippen LogP contribution >= 0.6 is 11.6 Å². The van der Waals surface area contributed by atoms with Gasteiger partial charge in [0.1, 0.15) is 5.15 Å². The molecular formula is C10H10ClN. The van der Waals surface area contributed by atoms with Gasteiger partial charge in [0, 0.05) is 6.20 Å². The van der Waals surface area contributed by atoms with Crippen LogP contribution in [0.4, 0.5) is 0 Å². The Morgan fingerprint density at radius 1 is 1.42 bits per heavy atom. The molecule has 0 fully saturated rings. The molecule has 1 aliphatic carbocycles. The molecular weight excluding hydrogens is 170 g/mol. The van der Waals surface area contributed by atoms with Gasteiger partial charge in [0.25, 0.3) is 0 Å². The number of aryl methyl sites for hydroxylation is 1. The molecule has 0 saturated heterocycles. The number of allylic oxidation sites excluding steroid dienone is 1. The zero-order valence-corrected chi connectivity index (χ0v) is 7.73. The molecule has 1 heterocycles. The van der Waals surface area contributed by atoms with Gasteiger partial charge < -0.3 is 0 Å². The fourth-order valence-corrected chi connectivity index (χ4v) is 1.67. The molecule has 0 unspecified atom stereocenters. The molecule has 0 aromatic carbocycles. The molecule has 12 heavy (non-hydrogen) atoms. The van der Waals surface area contributed by atoms with Crippen molar-refractivity contribution in [1.82, 2.24) is 4.98 Å². The maximum atomic E-state index is 5.78. The summed E-state index contributed by atoms with van der Waals surface area (Å²) in [5, 5.41) is 0.599. The van der Waals surface area contributed by atoms with Gasteiger partial charge in [-0.05, 0) is 37.0 Å². The predicted molar refractivity (Wildman–Crippen MR) is 51.2 cm³/mol. The molecule has 1 aromatic rings. The summed E-state index contributed by atoms with van der Waals surface area (Å²) in [5.41, 5.74) is 3.97. The predicted octanol–water partition coefficient (Wildman–Crippen LogP) is 3.08. The summed E-state index contributed by atoms with van der Waals surface area (Å²) in [5.74, 6) is 0. The highest BCUT2D eigenvalue weighted by Gasteiger charge is 2.07. The molecule has 2 rings (SSSR count). The molecule has 0 atom stereocenters. The Hall–Kier alpha value is -0.820. The topological polar surface area (TPSA) is 12.9 Å². The van der Waals surface area contributed by atoms with Gasteiger partial charge in [-0.1, -0.05) is 23.3 Å². The van der Waals surface area contributed by atoms with Gasteiger partial charge in [-0.15, -0.1) is 0 Å². The summed E-state index contributed by atoms with van der Waals surface area (Å²) >= 11 is 5.78. The Labute approximate surface area is 77.1 Å². The first-order chi connectivity index (χ1) is 5.75. The Kier molecular flexibility index (Phi) is 1.89. The van der Waals surface area contributed by atoms with Crippen LogP contribution < -0.4 is 0 Å². The minimum atomic E-state index is 0.599. The molecule has 0 radical (unpaired) electrons. The molecule has 1 aliphatic rings. The van der Waals surface area contributed by atoms with Gasteiger partial charge >= 0.3 is 0 Å². The third kappa shape index (κ3) is 1.37. The van der Waals surface area contributed by atoms with Gasteiger partial charge in [-0.2, -0.15) is 0 Å². The first-order valence-electron chi connectivity index (χ1n) is 4.07. The average molecular weight is 180 g/mol. The largest absolute Gasteiger partial charge is 0.244 e. The minimum Gasteiger partial charge on any atom is -0.244 e. The molecule has 0 amide bonds. The van der Waals surface area contributed by atoms with Crippen molar-refractivity contribution >= 4 is 17.7 Å². The Morgan fingerprint density at radius 2 is 2.25 bits per heavy atom. The van der Waals surface area contributed by atoms with E-state index in [2.05, 4.69) is 18.0 Å². The first kappa shape index (κ1) is 7.81. The van der Waals surface area contributed by atoms with Crippen LogP contribution in [-0.4, -0.2) is 4.98 Å². The van der Waals surface area contributed by atoms with Crippen LogP contribution in [0.2, 0.25) is 5.15 Å². The molecule has 62 valence electrons. The lowest BCUT2D eigenvalue weighted by Crippen LogP contribution is -1.98. The number of aromatic nitrogens is 1. The normalized spacial score (nSPS) is 15.3. The summed E-state index contributed by atoms with van der Waals surface area (Å²) in [4.78, 5) is 4.05. The Morgan fingerprint density at radius 3 is 3.08 bits per heavy atom. The van der Waals surface area contributed by atoms with Gasteiger partial charge in [0.2, 0.25) is 0 Å². The van der Waals surface area contributed by atoms with Crippen molar-refractivity contribution in [2.24, 2.45) is 0 Å². The SMILES string of the molecule is CC1=Cc2cnc(Cl)cc2CC1. The van der Waals surface area contributed by atoms with E-state index in [1.807, 2.05) is 12.3 Å². The lowest BCUT2D eigenvalue weighted by Gasteiger charge is -2.12. The van der Waals surface area contributed by atoms with E-state index in [1.54, 1.807) is 0 Å². The van der Waals surface area contributed by atoms with Gasteiger partial charge in [0.05, 0.1) is 0 Å².